The van der Waals surface area contributed by atoms with Crippen LogP contribution in [0.15, 0.2) is 6.33 Å². The van der Waals surface area contributed by atoms with Crippen LogP contribution in [-0.2, 0) is 0 Å². The Morgan fingerprint density at radius 1 is 1.70 bits per heavy atom. The van der Waals surface area contributed by atoms with E-state index in [4.69, 9.17) is 11.6 Å². The molecule has 0 spiro atoms. The largest absolute Gasteiger partial charge is 0.253 e. The number of rotatable bonds is 1. The van der Waals surface area contributed by atoms with Gasteiger partial charge in [0.1, 0.15) is 6.33 Å². The summed E-state index contributed by atoms with van der Waals surface area (Å²) in [6, 6.07) is 0. The quantitative estimate of drug-likeness (QED) is 0.481. The maximum atomic E-state index is 5.39. The van der Waals surface area contributed by atoms with Crippen LogP contribution in [0.1, 0.15) is 12.2 Å². The second-order valence-electron chi connectivity index (χ2n) is 1.57. The average molecular weight is 156 g/mol. The van der Waals surface area contributed by atoms with Crippen LogP contribution in [0, 0.1) is 11.8 Å². The van der Waals surface area contributed by atoms with Gasteiger partial charge in [0, 0.05) is 12.3 Å². The Morgan fingerprint density at radius 3 is 3.20 bits per heavy atom. The number of halogens is 1. The van der Waals surface area contributed by atoms with E-state index in [0.717, 1.165) is 0 Å². The lowest BCUT2D eigenvalue weighted by Crippen LogP contribution is -1.76. The molecule has 0 unspecified atom stereocenters. The average Bonchev–Trinajstić information content (AvgIpc) is 2.41. The van der Waals surface area contributed by atoms with Crippen molar-refractivity contribution in [1.82, 2.24) is 15.2 Å². The molecule has 1 rings (SSSR count). The van der Waals surface area contributed by atoms with Crippen LogP contribution in [0.3, 0.4) is 0 Å². The molecule has 0 saturated heterocycles. The summed E-state index contributed by atoms with van der Waals surface area (Å²) in [5.41, 5.74) is 0. The molecule has 1 aromatic rings. The minimum absolute atomic E-state index is 0.557. The zero-order valence-corrected chi connectivity index (χ0v) is 6.02. The summed E-state index contributed by atoms with van der Waals surface area (Å²) in [4.78, 5) is 3.80. The third-order valence-electron chi connectivity index (χ3n) is 0.841. The highest BCUT2D eigenvalue weighted by Crippen LogP contribution is 1.83. The lowest BCUT2D eigenvalue weighted by atomic mass is 10.4. The molecule has 0 aromatic carbocycles. The molecular weight excluding hydrogens is 150 g/mol. The fraction of sp³-hybridized carbons (Fsp3) is 0.333. The molecule has 1 heterocycles. The van der Waals surface area contributed by atoms with E-state index in [0.29, 0.717) is 18.1 Å². The van der Waals surface area contributed by atoms with Crippen LogP contribution in [0.4, 0.5) is 0 Å². The highest BCUT2D eigenvalue weighted by atomic mass is 35.5. The second-order valence-corrected chi connectivity index (χ2v) is 1.95. The smallest absolute Gasteiger partial charge is 0.200 e. The summed E-state index contributed by atoms with van der Waals surface area (Å²) in [7, 11) is 0. The highest BCUT2D eigenvalue weighted by Gasteiger charge is 1.83. The minimum atomic E-state index is 0.557. The van der Waals surface area contributed by atoms with Crippen molar-refractivity contribution in [2.45, 2.75) is 6.42 Å². The van der Waals surface area contributed by atoms with E-state index in [2.05, 4.69) is 27.0 Å². The molecule has 1 aromatic heterocycles. The Labute approximate surface area is 63.8 Å². The van der Waals surface area contributed by atoms with Crippen LogP contribution in [0.2, 0.25) is 0 Å². The van der Waals surface area contributed by atoms with Gasteiger partial charge in [0.05, 0.1) is 0 Å². The zero-order chi connectivity index (χ0) is 7.23. The van der Waals surface area contributed by atoms with E-state index in [1.807, 2.05) is 0 Å². The number of H-pyrrole nitrogens is 1. The molecule has 0 radical (unpaired) electrons. The lowest BCUT2D eigenvalue weighted by Gasteiger charge is -1.75. The van der Waals surface area contributed by atoms with Crippen molar-refractivity contribution >= 4 is 11.6 Å². The maximum Gasteiger partial charge on any atom is 0.200 e. The summed E-state index contributed by atoms with van der Waals surface area (Å²) in [5, 5.41) is 6.25. The number of hydrogen-bond donors (Lipinski definition) is 1. The highest BCUT2D eigenvalue weighted by molar-refractivity contribution is 6.18. The summed E-state index contributed by atoms with van der Waals surface area (Å²) >= 11 is 5.39. The predicted octanol–water partition coefficient (Wildman–Crippen LogP) is 0.785. The molecule has 0 aliphatic rings. The molecule has 0 bridgehead atoms. The van der Waals surface area contributed by atoms with Crippen molar-refractivity contribution in [3.05, 3.63) is 12.2 Å². The summed E-state index contributed by atoms with van der Waals surface area (Å²) in [6.07, 6.45) is 2.10. The molecule has 52 valence electrons. The van der Waals surface area contributed by atoms with Gasteiger partial charge < -0.3 is 0 Å². The normalized spacial score (nSPS) is 8.50. The van der Waals surface area contributed by atoms with Crippen molar-refractivity contribution < 1.29 is 0 Å². The standard InChI is InChI=1S/C6H6ClN3/c7-4-2-1-3-6-8-5-9-10-6/h5H,2,4H2,(H,8,9,10). The second kappa shape index (κ2) is 3.91. The number of aromatic nitrogens is 3. The Morgan fingerprint density at radius 2 is 2.60 bits per heavy atom. The van der Waals surface area contributed by atoms with E-state index in [9.17, 15) is 0 Å². The van der Waals surface area contributed by atoms with Gasteiger partial charge in [0.15, 0.2) is 0 Å². The van der Waals surface area contributed by atoms with Crippen molar-refractivity contribution in [2.75, 3.05) is 5.88 Å². The Bertz CT molecular complexity index is 231. The lowest BCUT2D eigenvalue weighted by molar-refractivity contribution is 1.07. The third-order valence-corrected chi connectivity index (χ3v) is 1.03. The van der Waals surface area contributed by atoms with Crippen molar-refractivity contribution in [3.8, 4) is 11.8 Å². The van der Waals surface area contributed by atoms with Gasteiger partial charge in [-0.1, -0.05) is 5.92 Å². The van der Waals surface area contributed by atoms with Crippen LogP contribution in [-0.4, -0.2) is 21.1 Å². The first-order valence-corrected chi connectivity index (χ1v) is 3.37. The molecule has 1 N–H and O–H groups in total. The van der Waals surface area contributed by atoms with E-state index >= 15 is 0 Å². The first kappa shape index (κ1) is 7.10. The molecule has 0 amide bonds. The number of nitrogens with one attached hydrogen (secondary N) is 1. The summed E-state index contributed by atoms with van der Waals surface area (Å²) in [6.45, 7) is 0. The van der Waals surface area contributed by atoms with Gasteiger partial charge in [-0.3, -0.25) is 5.10 Å². The molecular formula is C6H6ClN3. The zero-order valence-electron chi connectivity index (χ0n) is 5.26. The van der Waals surface area contributed by atoms with Gasteiger partial charge >= 0.3 is 0 Å². The SMILES string of the molecule is ClCCC#Cc1ncn[nH]1. The van der Waals surface area contributed by atoms with E-state index in [-0.39, 0.29) is 0 Å². The molecule has 10 heavy (non-hydrogen) atoms. The fourth-order valence-corrected chi connectivity index (χ4v) is 0.554. The van der Waals surface area contributed by atoms with Gasteiger partial charge in [-0.25, -0.2) is 4.98 Å². The molecule has 0 saturated carbocycles. The van der Waals surface area contributed by atoms with Crippen LogP contribution < -0.4 is 0 Å². The van der Waals surface area contributed by atoms with Crippen molar-refractivity contribution in [1.29, 1.82) is 0 Å². The first-order chi connectivity index (χ1) is 4.93. The van der Waals surface area contributed by atoms with Gasteiger partial charge in [-0.05, 0) is 5.92 Å². The maximum absolute atomic E-state index is 5.39. The van der Waals surface area contributed by atoms with Crippen LogP contribution in [0.5, 0.6) is 0 Å². The number of alkyl halides is 1. The Kier molecular flexibility index (Phi) is 2.78. The third kappa shape index (κ3) is 2.08. The van der Waals surface area contributed by atoms with E-state index in [1.165, 1.54) is 6.33 Å². The van der Waals surface area contributed by atoms with Gasteiger partial charge in [0.2, 0.25) is 5.82 Å². The fourth-order valence-electron chi connectivity index (χ4n) is 0.459. The molecule has 3 nitrogen and oxygen atoms in total. The molecule has 0 aliphatic heterocycles. The molecule has 4 heteroatoms. The number of aromatic amines is 1. The van der Waals surface area contributed by atoms with Crippen molar-refractivity contribution in [3.63, 3.8) is 0 Å². The van der Waals surface area contributed by atoms with Crippen LogP contribution in [0.25, 0.3) is 0 Å². The van der Waals surface area contributed by atoms with Gasteiger partial charge in [-0.2, -0.15) is 5.10 Å². The number of nitrogens with zero attached hydrogens (tertiary/aromatic N) is 2. The van der Waals surface area contributed by atoms with Crippen molar-refractivity contribution in [2.24, 2.45) is 0 Å². The summed E-state index contributed by atoms with van der Waals surface area (Å²) in [5.74, 6) is 6.73. The monoisotopic (exact) mass is 155 g/mol. The minimum Gasteiger partial charge on any atom is -0.253 e. The van der Waals surface area contributed by atoms with Crippen LogP contribution >= 0.6 is 11.6 Å². The Hall–Kier alpha value is -1.01. The molecule has 0 atom stereocenters. The molecule has 0 fully saturated rings. The first-order valence-electron chi connectivity index (χ1n) is 2.83. The van der Waals surface area contributed by atoms with Gasteiger partial charge in [0.25, 0.3) is 0 Å². The Balaban J connectivity index is 2.49. The van der Waals surface area contributed by atoms with E-state index < -0.39 is 0 Å². The van der Waals surface area contributed by atoms with E-state index in [1.54, 1.807) is 0 Å². The van der Waals surface area contributed by atoms with Gasteiger partial charge in [-0.15, -0.1) is 11.6 Å². The predicted molar refractivity (Wildman–Crippen MR) is 38.6 cm³/mol. The molecule has 0 aliphatic carbocycles. The number of hydrogen-bond acceptors (Lipinski definition) is 2. The topological polar surface area (TPSA) is 41.6 Å². The summed E-state index contributed by atoms with van der Waals surface area (Å²) < 4.78 is 0.